The Morgan fingerprint density at radius 2 is 2.15 bits per heavy atom. The summed E-state index contributed by atoms with van der Waals surface area (Å²) in [4.78, 5) is 6.45. The smallest absolute Gasteiger partial charge is 0.144 e. The van der Waals surface area contributed by atoms with Crippen LogP contribution in [0.4, 0.5) is 0 Å². The van der Waals surface area contributed by atoms with Crippen molar-refractivity contribution in [2.75, 3.05) is 40.0 Å². The Bertz CT molecular complexity index is 858. The second-order valence-corrected chi connectivity index (χ2v) is 7.88. The van der Waals surface area contributed by atoms with Gasteiger partial charge in [-0.15, -0.1) is 0 Å². The summed E-state index contributed by atoms with van der Waals surface area (Å²) in [6.45, 7) is 4.09. The Morgan fingerprint density at radius 1 is 1.38 bits per heavy atom. The van der Waals surface area contributed by atoms with E-state index >= 15 is 0 Å². The number of pyridine rings is 1. The lowest BCUT2D eigenvalue weighted by atomic mass is 9.81. The van der Waals surface area contributed by atoms with Gasteiger partial charge in [0.15, 0.2) is 0 Å². The first kappa shape index (κ1) is 17.7. The van der Waals surface area contributed by atoms with E-state index in [1.54, 1.807) is 6.20 Å². The molecule has 2 saturated heterocycles. The van der Waals surface area contributed by atoms with Gasteiger partial charge >= 0.3 is 0 Å². The summed E-state index contributed by atoms with van der Waals surface area (Å²) in [7, 11) is 2.09. The molecular weight excluding hydrogens is 352 g/mol. The largest absolute Gasteiger partial charge is 0.396 e. The molecule has 2 aromatic heterocycles. The molecule has 2 aliphatic heterocycles. The van der Waals surface area contributed by atoms with Gasteiger partial charge in [0.05, 0.1) is 17.5 Å². The van der Waals surface area contributed by atoms with E-state index in [4.69, 9.17) is 21.4 Å². The minimum Gasteiger partial charge on any atom is -0.396 e. The maximum absolute atomic E-state index is 10.0. The van der Waals surface area contributed by atoms with Crippen LogP contribution in [0, 0.1) is 23.2 Å². The van der Waals surface area contributed by atoms with Crippen molar-refractivity contribution in [1.82, 2.24) is 19.7 Å². The standard InChI is InChI=1S/C19H23ClN4O2/c1-23-10-14(11-23)2-3-16-15-9-21-18(20)8-17(15)24(22-16)12-19(13-25)4-6-26-7-5-19/h8-9,14,25H,4-7,10-13H2,1H3. The molecule has 7 heteroatoms. The molecule has 2 fully saturated rings. The molecule has 0 bridgehead atoms. The molecule has 138 valence electrons. The Morgan fingerprint density at radius 3 is 2.85 bits per heavy atom. The van der Waals surface area contributed by atoms with E-state index in [0.717, 1.165) is 42.5 Å². The number of aliphatic hydroxyl groups is 1. The second-order valence-electron chi connectivity index (χ2n) is 7.49. The molecule has 4 heterocycles. The van der Waals surface area contributed by atoms with Gasteiger partial charge in [0, 0.05) is 56.4 Å². The van der Waals surface area contributed by atoms with E-state index in [2.05, 4.69) is 28.8 Å². The highest BCUT2D eigenvalue weighted by molar-refractivity contribution is 6.30. The average molecular weight is 375 g/mol. The lowest BCUT2D eigenvalue weighted by molar-refractivity contribution is -0.0263. The normalized spacial score (nSPS) is 20.6. The summed E-state index contributed by atoms with van der Waals surface area (Å²) >= 11 is 6.12. The van der Waals surface area contributed by atoms with Crippen LogP contribution < -0.4 is 0 Å². The lowest BCUT2D eigenvalue weighted by Gasteiger charge is -2.35. The summed E-state index contributed by atoms with van der Waals surface area (Å²) in [6, 6.07) is 1.83. The molecule has 0 unspecified atom stereocenters. The SMILES string of the molecule is CN1CC(C#Cc2nn(CC3(CO)CCOCC3)c3cc(Cl)ncc23)C1. The van der Waals surface area contributed by atoms with Crippen molar-refractivity contribution >= 4 is 22.5 Å². The first-order valence-corrected chi connectivity index (χ1v) is 9.37. The fourth-order valence-electron chi connectivity index (χ4n) is 3.71. The number of halogens is 1. The molecule has 0 spiro atoms. The van der Waals surface area contributed by atoms with Crippen LogP contribution in [0.1, 0.15) is 18.5 Å². The fraction of sp³-hybridized carbons (Fsp3) is 0.579. The quantitative estimate of drug-likeness (QED) is 0.655. The minimum atomic E-state index is -0.214. The molecule has 0 aromatic carbocycles. The van der Waals surface area contributed by atoms with Crippen molar-refractivity contribution in [3.05, 3.63) is 23.1 Å². The predicted molar refractivity (Wildman–Crippen MR) is 100.0 cm³/mol. The molecule has 0 atom stereocenters. The third-order valence-electron chi connectivity index (χ3n) is 5.44. The van der Waals surface area contributed by atoms with Gasteiger partial charge < -0.3 is 14.7 Å². The molecule has 0 saturated carbocycles. The van der Waals surface area contributed by atoms with E-state index in [0.29, 0.717) is 30.8 Å². The maximum Gasteiger partial charge on any atom is 0.144 e. The molecule has 26 heavy (non-hydrogen) atoms. The van der Waals surface area contributed by atoms with E-state index < -0.39 is 0 Å². The van der Waals surface area contributed by atoms with Gasteiger partial charge in [0.1, 0.15) is 10.8 Å². The van der Waals surface area contributed by atoms with Crippen molar-refractivity contribution in [3.63, 3.8) is 0 Å². The van der Waals surface area contributed by atoms with Crippen LogP contribution in [0.15, 0.2) is 12.3 Å². The Kier molecular flexibility index (Phi) is 4.89. The summed E-state index contributed by atoms with van der Waals surface area (Å²) < 4.78 is 7.40. The summed E-state index contributed by atoms with van der Waals surface area (Å²) in [5.41, 5.74) is 1.44. The fourth-order valence-corrected chi connectivity index (χ4v) is 3.86. The number of hydrogen-bond acceptors (Lipinski definition) is 5. The van der Waals surface area contributed by atoms with Gasteiger partial charge in [0.2, 0.25) is 0 Å². The third-order valence-corrected chi connectivity index (χ3v) is 5.64. The monoisotopic (exact) mass is 374 g/mol. The molecule has 2 aromatic rings. The van der Waals surface area contributed by atoms with Crippen molar-refractivity contribution in [2.45, 2.75) is 19.4 Å². The van der Waals surface area contributed by atoms with Crippen molar-refractivity contribution < 1.29 is 9.84 Å². The minimum absolute atomic E-state index is 0.117. The van der Waals surface area contributed by atoms with E-state index in [1.807, 2.05) is 10.7 Å². The highest BCUT2D eigenvalue weighted by Crippen LogP contribution is 2.33. The van der Waals surface area contributed by atoms with Gasteiger partial charge in [-0.2, -0.15) is 5.10 Å². The number of rotatable bonds is 3. The zero-order valence-corrected chi connectivity index (χ0v) is 15.7. The zero-order chi connectivity index (χ0) is 18.1. The molecule has 0 aliphatic carbocycles. The highest BCUT2D eigenvalue weighted by Gasteiger charge is 2.33. The zero-order valence-electron chi connectivity index (χ0n) is 14.9. The second kappa shape index (κ2) is 7.16. The number of ether oxygens (including phenoxy) is 1. The van der Waals surface area contributed by atoms with Gasteiger partial charge in [-0.25, -0.2) is 4.98 Å². The Labute approximate surface area is 158 Å². The topological polar surface area (TPSA) is 63.4 Å². The molecule has 0 radical (unpaired) electrons. The first-order valence-electron chi connectivity index (χ1n) is 8.99. The summed E-state index contributed by atoms with van der Waals surface area (Å²) in [6.07, 6.45) is 3.38. The third kappa shape index (κ3) is 3.45. The first-order chi connectivity index (χ1) is 12.6. The molecule has 2 aliphatic rings. The maximum atomic E-state index is 10.0. The van der Waals surface area contributed by atoms with E-state index in [9.17, 15) is 5.11 Å². The highest BCUT2D eigenvalue weighted by atomic mass is 35.5. The molecule has 1 N–H and O–H groups in total. The molecule has 4 rings (SSSR count). The van der Waals surface area contributed by atoms with Crippen LogP contribution in [-0.2, 0) is 11.3 Å². The van der Waals surface area contributed by atoms with Gasteiger partial charge in [0.25, 0.3) is 0 Å². The van der Waals surface area contributed by atoms with Crippen LogP contribution in [-0.4, -0.2) is 64.7 Å². The molecular formula is C19H23ClN4O2. The van der Waals surface area contributed by atoms with Crippen molar-refractivity contribution in [1.29, 1.82) is 0 Å². The number of fused-ring (bicyclic) bond motifs is 1. The van der Waals surface area contributed by atoms with Gasteiger partial charge in [-0.1, -0.05) is 17.5 Å². The summed E-state index contributed by atoms with van der Waals surface area (Å²) in [5, 5.41) is 16.1. The molecule has 6 nitrogen and oxygen atoms in total. The Hall–Kier alpha value is -1.65. The van der Waals surface area contributed by atoms with E-state index in [1.165, 1.54) is 0 Å². The number of hydrogen-bond donors (Lipinski definition) is 1. The van der Waals surface area contributed by atoms with Crippen molar-refractivity contribution in [2.24, 2.45) is 11.3 Å². The van der Waals surface area contributed by atoms with Crippen LogP contribution >= 0.6 is 11.6 Å². The number of likely N-dealkylation sites (tertiary alicyclic amines) is 1. The van der Waals surface area contributed by atoms with Gasteiger partial charge in [-0.05, 0) is 25.8 Å². The predicted octanol–water partition coefficient (Wildman–Crippen LogP) is 1.79. The number of aliphatic hydroxyl groups excluding tert-OH is 1. The van der Waals surface area contributed by atoms with Crippen LogP contribution in [0.2, 0.25) is 5.15 Å². The average Bonchev–Trinajstić information content (AvgIpc) is 2.95. The lowest BCUT2D eigenvalue weighted by Crippen LogP contribution is -2.42. The van der Waals surface area contributed by atoms with E-state index in [-0.39, 0.29) is 12.0 Å². The van der Waals surface area contributed by atoms with Crippen LogP contribution in [0.3, 0.4) is 0 Å². The Balaban J connectivity index is 1.68. The van der Waals surface area contributed by atoms with Gasteiger partial charge in [-0.3, -0.25) is 4.68 Å². The number of aromatic nitrogens is 3. The van der Waals surface area contributed by atoms with Crippen LogP contribution in [0.5, 0.6) is 0 Å². The number of nitrogens with zero attached hydrogens (tertiary/aromatic N) is 4. The summed E-state index contributed by atoms with van der Waals surface area (Å²) in [5.74, 6) is 6.96. The molecule has 0 amide bonds. The van der Waals surface area contributed by atoms with Crippen LogP contribution in [0.25, 0.3) is 10.9 Å². The van der Waals surface area contributed by atoms with Crippen molar-refractivity contribution in [3.8, 4) is 11.8 Å².